The molecular formula is C13H17N5O4. The molecule has 1 aliphatic rings. The number of hydrogen-bond donors (Lipinski definition) is 3. The first-order valence-corrected chi connectivity index (χ1v) is 6.44. The van der Waals surface area contributed by atoms with E-state index in [4.69, 9.17) is 9.47 Å². The summed E-state index contributed by atoms with van der Waals surface area (Å²) >= 11 is 0. The molecule has 1 aromatic rings. The summed E-state index contributed by atoms with van der Waals surface area (Å²) in [5.74, 6) is 1.04. The zero-order valence-corrected chi connectivity index (χ0v) is 12.5. The molecule has 22 heavy (non-hydrogen) atoms. The van der Waals surface area contributed by atoms with Crippen molar-refractivity contribution in [2.24, 2.45) is 5.10 Å². The highest BCUT2D eigenvalue weighted by atomic mass is 16.5. The lowest BCUT2D eigenvalue weighted by Gasteiger charge is -2.25. The van der Waals surface area contributed by atoms with Gasteiger partial charge in [0.25, 0.3) is 0 Å². The molecule has 9 nitrogen and oxygen atoms in total. The quantitative estimate of drug-likeness (QED) is 0.776. The Morgan fingerprint density at radius 1 is 1.32 bits per heavy atom. The maximum atomic E-state index is 11.9. The van der Waals surface area contributed by atoms with Crippen LogP contribution in [-0.2, 0) is 0 Å². The third-order valence-electron chi connectivity index (χ3n) is 2.85. The summed E-state index contributed by atoms with van der Waals surface area (Å²) in [4.78, 5) is 23.5. The van der Waals surface area contributed by atoms with Gasteiger partial charge in [-0.3, -0.25) is 0 Å². The number of rotatable bonds is 4. The fourth-order valence-electron chi connectivity index (χ4n) is 1.83. The second-order valence-corrected chi connectivity index (χ2v) is 4.49. The predicted molar refractivity (Wildman–Crippen MR) is 80.0 cm³/mol. The summed E-state index contributed by atoms with van der Waals surface area (Å²) < 4.78 is 10.3. The number of urea groups is 2. The van der Waals surface area contributed by atoms with E-state index in [1.165, 1.54) is 14.2 Å². The standard InChI is InChI=1S/C13H17N5O4/c1-8-7-18(13(20)16-15-8)17-12(19)14-9-4-5-10(21-2)11(6-9)22-3/h4-6H,7H2,1-3H3,(H,16,20)(H2,14,17,19). The van der Waals surface area contributed by atoms with E-state index in [2.05, 4.69) is 21.3 Å². The third kappa shape index (κ3) is 3.57. The van der Waals surface area contributed by atoms with Crippen molar-refractivity contribution < 1.29 is 19.1 Å². The van der Waals surface area contributed by atoms with Crippen molar-refractivity contribution in [1.29, 1.82) is 0 Å². The largest absolute Gasteiger partial charge is 0.493 e. The van der Waals surface area contributed by atoms with Crippen LogP contribution in [0.4, 0.5) is 15.3 Å². The number of hydrazine groups is 1. The van der Waals surface area contributed by atoms with Crippen molar-refractivity contribution in [3.63, 3.8) is 0 Å². The van der Waals surface area contributed by atoms with Crippen LogP contribution >= 0.6 is 0 Å². The number of nitrogens with zero attached hydrogens (tertiary/aromatic N) is 2. The van der Waals surface area contributed by atoms with Crippen LogP contribution in [0.1, 0.15) is 6.92 Å². The summed E-state index contributed by atoms with van der Waals surface area (Å²) in [5, 5.41) is 7.49. The number of hydrogen-bond acceptors (Lipinski definition) is 5. The second kappa shape index (κ2) is 6.66. The summed E-state index contributed by atoms with van der Waals surface area (Å²) in [6, 6.07) is 3.87. The summed E-state index contributed by atoms with van der Waals surface area (Å²) in [5.41, 5.74) is 5.88. The predicted octanol–water partition coefficient (Wildman–Crippen LogP) is 1.14. The third-order valence-corrected chi connectivity index (χ3v) is 2.85. The second-order valence-electron chi connectivity index (χ2n) is 4.49. The Bertz CT molecular complexity index is 616. The van der Waals surface area contributed by atoms with E-state index < -0.39 is 12.1 Å². The topological polar surface area (TPSA) is 104 Å². The number of anilines is 1. The van der Waals surface area contributed by atoms with Gasteiger partial charge in [-0.1, -0.05) is 0 Å². The van der Waals surface area contributed by atoms with E-state index in [1.54, 1.807) is 25.1 Å². The maximum absolute atomic E-state index is 11.9. The van der Waals surface area contributed by atoms with Gasteiger partial charge in [-0.2, -0.15) is 5.10 Å². The first kappa shape index (κ1) is 15.4. The van der Waals surface area contributed by atoms with Gasteiger partial charge >= 0.3 is 12.1 Å². The van der Waals surface area contributed by atoms with Crippen LogP contribution in [0.5, 0.6) is 11.5 Å². The summed E-state index contributed by atoms with van der Waals surface area (Å²) in [7, 11) is 3.03. The zero-order valence-electron chi connectivity index (χ0n) is 12.5. The molecule has 0 unspecified atom stereocenters. The van der Waals surface area contributed by atoms with Crippen molar-refractivity contribution in [3.8, 4) is 11.5 Å². The SMILES string of the molecule is COc1ccc(NC(=O)NN2CC(C)=NNC2=O)cc1OC. The highest BCUT2D eigenvalue weighted by Gasteiger charge is 2.20. The molecular weight excluding hydrogens is 290 g/mol. The minimum absolute atomic E-state index is 0.213. The lowest BCUT2D eigenvalue weighted by molar-refractivity contribution is 0.177. The molecule has 0 aromatic heterocycles. The molecule has 0 aliphatic carbocycles. The number of carbonyl (C=O) groups is 2. The fraction of sp³-hybridized carbons (Fsp3) is 0.308. The average molecular weight is 307 g/mol. The van der Waals surface area contributed by atoms with Crippen LogP contribution < -0.4 is 25.6 Å². The van der Waals surface area contributed by atoms with Crippen LogP contribution in [0.2, 0.25) is 0 Å². The van der Waals surface area contributed by atoms with Gasteiger partial charge in [0.05, 0.1) is 26.5 Å². The smallest absolute Gasteiger partial charge is 0.356 e. The van der Waals surface area contributed by atoms with Crippen LogP contribution in [-0.4, -0.2) is 43.5 Å². The Balaban J connectivity index is 2.00. The molecule has 2 rings (SSSR count). The Hall–Kier alpha value is -2.97. The molecule has 0 spiro atoms. The Morgan fingerprint density at radius 3 is 2.73 bits per heavy atom. The van der Waals surface area contributed by atoms with Gasteiger partial charge in [-0.25, -0.2) is 25.4 Å². The van der Waals surface area contributed by atoms with Gasteiger partial charge in [0.15, 0.2) is 11.5 Å². The molecule has 0 fully saturated rings. The number of nitrogens with one attached hydrogen (secondary N) is 3. The van der Waals surface area contributed by atoms with E-state index in [1.807, 2.05) is 0 Å². The van der Waals surface area contributed by atoms with Crippen molar-refractivity contribution in [2.45, 2.75) is 6.92 Å². The average Bonchev–Trinajstić information content (AvgIpc) is 2.50. The van der Waals surface area contributed by atoms with Gasteiger partial charge < -0.3 is 14.8 Å². The molecule has 1 aliphatic heterocycles. The van der Waals surface area contributed by atoms with E-state index in [9.17, 15) is 9.59 Å². The van der Waals surface area contributed by atoms with E-state index >= 15 is 0 Å². The number of methoxy groups -OCH3 is 2. The molecule has 1 heterocycles. The fourth-order valence-corrected chi connectivity index (χ4v) is 1.83. The molecule has 0 saturated carbocycles. The molecule has 4 amide bonds. The number of ether oxygens (including phenoxy) is 2. The molecule has 0 radical (unpaired) electrons. The number of benzene rings is 1. The van der Waals surface area contributed by atoms with Crippen LogP contribution in [0.25, 0.3) is 0 Å². The summed E-state index contributed by atoms with van der Waals surface area (Å²) in [6.45, 7) is 1.95. The monoisotopic (exact) mass is 307 g/mol. The number of hydrazone groups is 1. The van der Waals surface area contributed by atoms with Crippen LogP contribution in [0.15, 0.2) is 23.3 Å². The Kier molecular flexibility index (Phi) is 4.66. The lowest BCUT2D eigenvalue weighted by Crippen LogP contribution is -2.55. The Morgan fingerprint density at radius 2 is 2.05 bits per heavy atom. The first-order valence-electron chi connectivity index (χ1n) is 6.44. The minimum atomic E-state index is -0.558. The number of amides is 4. The first-order chi connectivity index (χ1) is 10.5. The van der Waals surface area contributed by atoms with Gasteiger partial charge in [0, 0.05) is 11.8 Å². The molecule has 9 heteroatoms. The van der Waals surface area contributed by atoms with Gasteiger partial charge in [-0.05, 0) is 19.1 Å². The molecule has 3 N–H and O–H groups in total. The van der Waals surface area contributed by atoms with E-state index in [-0.39, 0.29) is 6.54 Å². The van der Waals surface area contributed by atoms with Gasteiger partial charge in [0.1, 0.15) is 0 Å². The molecule has 0 saturated heterocycles. The van der Waals surface area contributed by atoms with E-state index in [0.717, 1.165) is 5.01 Å². The molecule has 0 atom stereocenters. The van der Waals surface area contributed by atoms with Crippen molar-refractivity contribution in [2.75, 3.05) is 26.1 Å². The highest BCUT2D eigenvalue weighted by Crippen LogP contribution is 2.29. The van der Waals surface area contributed by atoms with Crippen LogP contribution in [0.3, 0.4) is 0 Å². The van der Waals surface area contributed by atoms with E-state index in [0.29, 0.717) is 22.9 Å². The normalized spacial score (nSPS) is 13.9. The summed E-state index contributed by atoms with van der Waals surface area (Å²) in [6.07, 6.45) is 0. The lowest BCUT2D eigenvalue weighted by atomic mass is 10.3. The van der Waals surface area contributed by atoms with Crippen molar-refractivity contribution >= 4 is 23.5 Å². The maximum Gasteiger partial charge on any atom is 0.356 e. The molecule has 0 bridgehead atoms. The van der Waals surface area contributed by atoms with Crippen molar-refractivity contribution in [1.82, 2.24) is 15.9 Å². The van der Waals surface area contributed by atoms with Crippen molar-refractivity contribution in [3.05, 3.63) is 18.2 Å². The molecule has 118 valence electrons. The van der Waals surface area contributed by atoms with Crippen LogP contribution in [0, 0.1) is 0 Å². The van der Waals surface area contributed by atoms with Gasteiger partial charge in [0.2, 0.25) is 0 Å². The highest BCUT2D eigenvalue weighted by molar-refractivity contribution is 5.95. The van der Waals surface area contributed by atoms with Gasteiger partial charge in [-0.15, -0.1) is 0 Å². The Labute approximate surface area is 127 Å². The minimum Gasteiger partial charge on any atom is -0.493 e. The molecule has 1 aromatic carbocycles. The zero-order chi connectivity index (χ0) is 16.1. The number of carbonyl (C=O) groups excluding carboxylic acids is 2.